The largest absolute Gasteiger partial charge is 0.334 e. The van der Waals surface area contributed by atoms with Crippen molar-refractivity contribution in [1.29, 1.82) is 0 Å². The Morgan fingerprint density at radius 2 is 2.12 bits per heavy atom. The van der Waals surface area contributed by atoms with E-state index in [1.807, 2.05) is 30.3 Å². The van der Waals surface area contributed by atoms with Crippen LogP contribution in [0.1, 0.15) is 12.0 Å². The lowest BCUT2D eigenvalue weighted by atomic mass is 10.2. The van der Waals surface area contributed by atoms with Crippen LogP contribution >= 0.6 is 0 Å². The molecule has 4 heteroatoms. The molecule has 90 valence electrons. The second kappa shape index (κ2) is 5.48. The standard InChI is InChI=1S/C13H15FN2O/c14-12-7-4-8-16(10-12)13(17)15-9-11-5-2-1-3-6-11/h1-3,5-7H,4,8-10H2,(H,15,17). The molecule has 0 spiro atoms. The van der Waals surface area contributed by atoms with Gasteiger partial charge in [-0.3, -0.25) is 0 Å². The fourth-order valence-corrected chi connectivity index (χ4v) is 1.76. The summed E-state index contributed by atoms with van der Waals surface area (Å²) in [6.45, 7) is 1.14. The molecule has 0 atom stereocenters. The molecule has 1 aromatic carbocycles. The van der Waals surface area contributed by atoms with Crippen molar-refractivity contribution in [1.82, 2.24) is 10.2 Å². The van der Waals surface area contributed by atoms with E-state index < -0.39 is 0 Å². The van der Waals surface area contributed by atoms with Gasteiger partial charge in [-0.25, -0.2) is 9.18 Å². The SMILES string of the molecule is O=C(NCc1ccccc1)N1CCC=C(F)C1. The van der Waals surface area contributed by atoms with Crippen molar-refractivity contribution < 1.29 is 9.18 Å². The third-order valence-corrected chi connectivity index (χ3v) is 2.68. The number of amides is 2. The average Bonchev–Trinajstić information content (AvgIpc) is 2.37. The molecule has 3 nitrogen and oxygen atoms in total. The van der Waals surface area contributed by atoms with E-state index in [9.17, 15) is 9.18 Å². The molecular formula is C13H15FN2O. The smallest absolute Gasteiger partial charge is 0.318 e. The van der Waals surface area contributed by atoms with Gasteiger partial charge in [0.15, 0.2) is 0 Å². The first-order valence-electron chi connectivity index (χ1n) is 5.67. The Labute approximate surface area is 99.9 Å². The minimum atomic E-state index is -0.230. The summed E-state index contributed by atoms with van der Waals surface area (Å²) in [6, 6.07) is 9.44. The molecule has 1 aromatic rings. The highest BCUT2D eigenvalue weighted by atomic mass is 19.1. The zero-order valence-electron chi connectivity index (χ0n) is 9.53. The number of benzene rings is 1. The van der Waals surface area contributed by atoms with Crippen LogP contribution in [-0.2, 0) is 6.54 Å². The summed E-state index contributed by atoms with van der Waals surface area (Å²) in [5, 5.41) is 2.78. The second-order valence-electron chi connectivity index (χ2n) is 4.01. The van der Waals surface area contributed by atoms with Crippen molar-refractivity contribution in [2.24, 2.45) is 0 Å². The first-order valence-corrected chi connectivity index (χ1v) is 5.67. The molecule has 1 aliphatic rings. The molecule has 0 saturated carbocycles. The Bertz CT molecular complexity index is 417. The number of rotatable bonds is 2. The van der Waals surface area contributed by atoms with Gasteiger partial charge in [0.1, 0.15) is 5.83 Å². The summed E-state index contributed by atoms with van der Waals surface area (Å²) in [5.41, 5.74) is 1.04. The van der Waals surface area contributed by atoms with Crippen molar-refractivity contribution >= 4 is 6.03 Å². The minimum Gasteiger partial charge on any atom is -0.334 e. The van der Waals surface area contributed by atoms with Gasteiger partial charge in [0.2, 0.25) is 0 Å². The Balaban J connectivity index is 1.84. The molecular weight excluding hydrogens is 219 g/mol. The number of halogens is 1. The van der Waals surface area contributed by atoms with Crippen LogP contribution in [0, 0.1) is 0 Å². The molecule has 1 heterocycles. The molecule has 0 fully saturated rings. The molecule has 0 bridgehead atoms. The molecule has 0 aromatic heterocycles. The van der Waals surface area contributed by atoms with Crippen molar-refractivity contribution in [2.75, 3.05) is 13.1 Å². The predicted molar refractivity (Wildman–Crippen MR) is 64.1 cm³/mol. The fraction of sp³-hybridized carbons (Fsp3) is 0.308. The summed E-state index contributed by atoms with van der Waals surface area (Å²) in [7, 11) is 0. The Morgan fingerprint density at radius 1 is 1.35 bits per heavy atom. The fourth-order valence-electron chi connectivity index (χ4n) is 1.76. The van der Waals surface area contributed by atoms with Crippen LogP contribution in [0.2, 0.25) is 0 Å². The van der Waals surface area contributed by atoms with E-state index in [0.717, 1.165) is 5.56 Å². The Kier molecular flexibility index (Phi) is 3.75. The van der Waals surface area contributed by atoms with E-state index in [-0.39, 0.29) is 18.4 Å². The summed E-state index contributed by atoms with van der Waals surface area (Å²) in [6.07, 6.45) is 2.12. The number of hydrogen-bond acceptors (Lipinski definition) is 1. The predicted octanol–water partition coefficient (Wildman–Crippen LogP) is 2.46. The lowest BCUT2D eigenvalue weighted by molar-refractivity contribution is 0.196. The van der Waals surface area contributed by atoms with E-state index >= 15 is 0 Å². The lowest BCUT2D eigenvalue weighted by Gasteiger charge is -2.24. The molecule has 1 aliphatic heterocycles. The van der Waals surface area contributed by atoms with E-state index in [2.05, 4.69) is 5.32 Å². The van der Waals surface area contributed by atoms with Gasteiger partial charge in [0.25, 0.3) is 0 Å². The molecule has 1 N–H and O–H groups in total. The third-order valence-electron chi connectivity index (χ3n) is 2.68. The molecule has 2 amide bonds. The zero-order chi connectivity index (χ0) is 12.1. The van der Waals surface area contributed by atoms with Crippen LogP contribution in [0.4, 0.5) is 9.18 Å². The average molecular weight is 234 g/mol. The van der Waals surface area contributed by atoms with Gasteiger partial charge < -0.3 is 10.2 Å². The molecule has 17 heavy (non-hydrogen) atoms. The van der Waals surface area contributed by atoms with Crippen LogP contribution in [0.15, 0.2) is 42.2 Å². The topological polar surface area (TPSA) is 32.3 Å². The van der Waals surface area contributed by atoms with Crippen LogP contribution in [0.25, 0.3) is 0 Å². The Morgan fingerprint density at radius 3 is 2.82 bits per heavy atom. The molecule has 0 aliphatic carbocycles. The summed E-state index contributed by atoms with van der Waals surface area (Å²) < 4.78 is 13.0. The van der Waals surface area contributed by atoms with Crippen LogP contribution in [0.5, 0.6) is 0 Å². The van der Waals surface area contributed by atoms with E-state index in [4.69, 9.17) is 0 Å². The van der Waals surface area contributed by atoms with Gasteiger partial charge in [-0.15, -0.1) is 0 Å². The van der Waals surface area contributed by atoms with Crippen LogP contribution in [0.3, 0.4) is 0 Å². The summed E-state index contributed by atoms with van der Waals surface area (Å²) in [4.78, 5) is 13.2. The van der Waals surface area contributed by atoms with Crippen molar-refractivity contribution in [3.05, 3.63) is 47.8 Å². The first-order chi connectivity index (χ1) is 8.25. The van der Waals surface area contributed by atoms with E-state index in [1.165, 1.54) is 11.0 Å². The molecule has 0 radical (unpaired) electrons. The minimum absolute atomic E-state index is 0.0840. The molecule has 0 saturated heterocycles. The molecule has 0 unspecified atom stereocenters. The van der Waals surface area contributed by atoms with Crippen molar-refractivity contribution in [3.63, 3.8) is 0 Å². The van der Waals surface area contributed by atoms with Gasteiger partial charge >= 0.3 is 6.03 Å². The maximum Gasteiger partial charge on any atom is 0.318 e. The number of carbonyl (C=O) groups excluding carboxylic acids is 1. The van der Waals surface area contributed by atoms with Gasteiger partial charge in [-0.2, -0.15) is 0 Å². The van der Waals surface area contributed by atoms with Gasteiger partial charge in [-0.05, 0) is 18.1 Å². The zero-order valence-corrected chi connectivity index (χ0v) is 9.53. The maximum atomic E-state index is 13.0. The summed E-state index contributed by atoms with van der Waals surface area (Å²) >= 11 is 0. The number of nitrogens with one attached hydrogen (secondary N) is 1. The molecule has 2 rings (SSSR count). The first kappa shape index (κ1) is 11.6. The van der Waals surface area contributed by atoms with Crippen molar-refractivity contribution in [2.45, 2.75) is 13.0 Å². The van der Waals surface area contributed by atoms with Gasteiger partial charge in [-0.1, -0.05) is 30.3 Å². The second-order valence-corrected chi connectivity index (χ2v) is 4.01. The normalized spacial score (nSPS) is 15.4. The number of nitrogens with zero attached hydrogens (tertiary/aromatic N) is 1. The monoisotopic (exact) mass is 234 g/mol. The highest BCUT2D eigenvalue weighted by molar-refractivity contribution is 5.74. The van der Waals surface area contributed by atoms with Gasteiger partial charge in [0.05, 0.1) is 6.54 Å². The maximum absolute atomic E-state index is 13.0. The number of carbonyl (C=O) groups is 1. The highest BCUT2D eigenvalue weighted by Gasteiger charge is 2.17. The van der Waals surface area contributed by atoms with Crippen molar-refractivity contribution in [3.8, 4) is 0 Å². The Hall–Kier alpha value is -1.84. The van der Waals surface area contributed by atoms with Gasteiger partial charge in [0, 0.05) is 13.1 Å². The summed E-state index contributed by atoms with van der Waals surface area (Å²) in [5.74, 6) is -0.230. The third kappa shape index (κ3) is 3.31. The highest BCUT2D eigenvalue weighted by Crippen LogP contribution is 2.10. The number of hydrogen-bond donors (Lipinski definition) is 1. The van der Waals surface area contributed by atoms with E-state index in [1.54, 1.807) is 0 Å². The number of urea groups is 1. The van der Waals surface area contributed by atoms with E-state index in [0.29, 0.717) is 19.5 Å². The lowest BCUT2D eigenvalue weighted by Crippen LogP contribution is -2.42. The quantitative estimate of drug-likeness (QED) is 0.837. The van der Waals surface area contributed by atoms with Crippen LogP contribution in [-0.4, -0.2) is 24.0 Å². The van der Waals surface area contributed by atoms with Crippen LogP contribution < -0.4 is 5.32 Å².